The highest BCUT2D eigenvalue weighted by Crippen LogP contribution is 2.12. The van der Waals surface area contributed by atoms with Crippen LogP contribution in [0.1, 0.15) is 91.9 Å². The van der Waals surface area contributed by atoms with Crippen LogP contribution in [-0.2, 0) is 0 Å². The third kappa shape index (κ3) is 10.7. The summed E-state index contributed by atoms with van der Waals surface area (Å²) < 4.78 is 0. The zero-order valence-electron chi connectivity index (χ0n) is 14.7. The van der Waals surface area contributed by atoms with Gasteiger partial charge in [-0.1, -0.05) is 72.6 Å². The van der Waals surface area contributed by atoms with Crippen molar-refractivity contribution in [2.75, 3.05) is 19.6 Å². The number of nitrogens with one attached hydrogen (secondary N) is 1. The summed E-state index contributed by atoms with van der Waals surface area (Å²) in [4.78, 5) is 2.65. The maximum absolute atomic E-state index is 3.69. The first kappa shape index (κ1) is 19.9. The minimum atomic E-state index is 0.607. The third-order valence-corrected chi connectivity index (χ3v) is 3.98. The van der Waals surface area contributed by atoms with Crippen LogP contribution in [0.3, 0.4) is 0 Å². The molecule has 0 saturated heterocycles. The summed E-state index contributed by atoms with van der Waals surface area (Å²) >= 11 is 0. The van der Waals surface area contributed by atoms with Gasteiger partial charge in [0.25, 0.3) is 0 Å². The molecule has 0 aliphatic rings. The largest absolute Gasteiger partial charge is 0.302 e. The van der Waals surface area contributed by atoms with Gasteiger partial charge in [0, 0.05) is 0 Å². The molecular formula is C18H40N2. The number of hydrogen-bond donors (Lipinski definition) is 1. The molecule has 0 fully saturated rings. The van der Waals surface area contributed by atoms with Crippen LogP contribution in [-0.4, -0.2) is 30.7 Å². The number of nitrogens with zero attached hydrogens (tertiary/aromatic N) is 1. The van der Waals surface area contributed by atoms with Crippen LogP contribution in [0.4, 0.5) is 0 Å². The Morgan fingerprint density at radius 2 is 1.25 bits per heavy atom. The molecule has 2 nitrogen and oxygen atoms in total. The molecule has 0 aromatic rings. The lowest BCUT2D eigenvalue weighted by Gasteiger charge is -2.32. The topological polar surface area (TPSA) is 15.3 Å². The van der Waals surface area contributed by atoms with Gasteiger partial charge >= 0.3 is 0 Å². The molecule has 1 N–H and O–H groups in total. The summed E-state index contributed by atoms with van der Waals surface area (Å²) in [6, 6.07) is 0. The quantitative estimate of drug-likeness (QED) is 0.329. The zero-order valence-corrected chi connectivity index (χ0v) is 14.7. The second kappa shape index (κ2) is 15.3. The minimum Gasteiger partial charge on any atom is -0.302 e. The van der Waals surface area contributed by atoms with E-state index in [-0.39, 0.29) is 0 Å². The smallest absolute Gasteiger partial charge is 0.0596 e. The summed E-state index contributed by atoms with van der Waals surface area (Å²) in [5.74, 6) is 0. The highest BCUT2D eigenvalue weighted by atomic mass is 15.3. The fraction of sp³-hybridized carbons (Fsp3) is 1.00. The van der Waals surface area contributed by atoms with Crippen molar-refractivity contribution in [1.29, 1.82) is 0 Å². The fourth-order valence-electron chi connectivity index (χ4n) is 2.94. The molecule has 0 aliphatic heterocycles. The van der Waals surface area contributed by atoms with E-state index in [0.29, 0.717) is 6.17 Å². The normalized spacial score (nSPS) is 13.1. The van der Waals surface area contributed by atoms with Gasteiger partial charge in [-0.05, 0) is 38.9 Å². The van der Waals surface area contributed by atoms with Crippen molar-refractivity contribution >= 4 is 0 Å². The molecule has 0 aliphatic carbocycles. The number of hydrogen-bond acceptors (Lipinski definition) is 2. The molecular weight excluding hydrogens is 244 g/mol. The molecule has 0 bridgehead atoms. The summed E-state index contributed by atoms with van der Waals surface area (Å²) in [6.45, 7) is 12.7. The minimum absolute atomic E-state index is 0.607. The van der Waals surface area contributed by atoms with Crippen LogP contribution in [0.15, 0.2) is 0 Å². The Labute approximate surface area is 128 Å². The Morgan fingerprint density at radius 1 is 0.700 bits per heavy atom. The molecule has 0 spiro atoms. The highest BCUT2D eigenvalue weighted by Gasteiger charge is 2.15. The first-order valence-electron chi connectivity index (χ1n) is 9.27. The van der Waals surface area contributed by atoms with Crippen LogP contribution in [0.25, 0.3) is 0 Å². The molecule has 20 heavy (non-hydrogen) atoms. The standard InChI is InChI=1S/C18H40N2/c1-5-9-10-11-12-13-14-15-18(19-8-4)20(16-6-2)17-7-3/h18-19H,5-17H2,1-4H3. The van der Waals surface area contributed by atoms with Gasteiger partial charge in [0.1, 0.15) is 0 Å². The SMILES string of the molecule is CCCCCCCCCC(NCC)N(CCC)CCC. The van der Waals surface area contributed by atoms with Crippen molar-refractivity contribution in [2.45, 2.75) is 98.1 Å². The maximum Gasteiger partial charge on any atom is 0.0596 e. The van der Waals surface area contributed by atoms with Crippen molar-refractivity contribution in [3.63, 3.8) is 0 Å². The lowest BCUT2D eigenvalue weighted by Crippen LogP contribution is -2.46. The van der Waals surface area contributed by atoms with Gasteiger partial charge in [-0.15, -0.1) is 0 Å². The van der Waals surface area contributed by atoms with Gasteiger partial charge in [0.15, 0.2) is 0 Å². The van der Waals surface area contributed by atoms with E-state index >= 15 is 0 Å². The van der Waals surface area contributed by atoms with Gasteiger partial charge in [-0.2, -0.15) is 0 Å². The Bertz CT molecular complexity index is 176. The average Bonchev–Trinajstić information content (AvgIpc) is 2.45. The molecule has 122 valence electrons. The lowest BCUT2D eigenvalue weighted by molar-refractivity contribution is 0.154. The molecule has 0 radical (unpaired) electrons. The Kier molecular flexibility index (Phi) is 15.3. The van der Waals surface area contributed by atoms with Crippen molar-refractivity contribution in [1.82, 2.24) is 10.2 Å². The van der Waals surface area contributed by atoms with Gasteiger partial charge in [0.2, 0.25) is 0 Å². The molecule has 0 amide bonds. The summed E-state index contributed by atoms with van der Waals surface area (Å²) in [6.07, 6.45) is 14.3. The van der Waals surface area contributed by atoms with Crippen molar-refractivity contribution in [3.05, 3.63) is 0 Å². The monoisotopic (exact) mass is 284 g/mol. The molecule has 1 unspecified atom stereocenters. The Balaban J connectivity index is 3.86. The predicted octanol–water partition coefficient (Wildman–Crippen LogP) is 5.18. The molecule has 0 saturated carbocycles. The molecule has 1 atom stereocenters. The van der Waals surface area contributed by atoms with Crippen molar-refractivity contribution < 1.29 is 0 Å². The van der Waals surface area contributed by atoms with Gasteiger partial charge < -0.3 is 5.32 Å². The van der Waals surface area contributed by atoms with Crippen LogP contribution in [0, 0.1) is 0 Å². The fourth-order valence-corrected chi connectivity index (χ4v) is 2.94. The van der Waals surface area contributed by atoms with E-state index in [1.807, 2.05) is 0 Å². The molecule has 2 heteroatoms. The Morgan fingerprint density at radius 3 is 1.75 bits per heavy atom. The van der Waals surface area contributed by atoms with Crippen molar-refractivity contribution in [2.24, 2.45) is 0 Å². The van der Waals surface area contributed by atoms with Crippen LogP contribution in [0.2, 0.25) is 0 Å². The zero-order chi connectivity index (χ0) is 15.1. The van der Waals surface area contributed by atoms with Gasteiger partial charge in [-0.25, -0.2) is 0 Å². The Hall–Kier alpha value is -0.0800. The van der Waals surface area contributed by atoms with Crippen LogP contribution < -0.4 is 5.32 Å². The van der Waals surface area contributed by atoms with E-state index in [1.165, 1.54) is 77.3 Å². The first-order chi connectivity index (χ1) is 9.79. The first-order valence-corrected chi connectivity index (χ1v) is 9.27. The van der Waals surface area contributed by atoms with Crippen molar-refractivity contribution in [3.8, 4) is 0 Å². The van der Waals surface area contributed by atoms with Crippen LogP contribution >= 0.6 is 0 Å². The van der Waals surface area contributed by atoms with Gasteiger partial charge in [-0.3, -0.25) is 4.90 Å². The van der Waals surface area contributed by atoms with E-state index < -0.39 is 0 Å². The van der Waals surface area contributed by atoms with E-state index in [9.17, 15) is 0 Å². The lowest BCUT2D eigenvalue weighted by atomic mass is 10.1. The summed E-state index contributed by atoms with van der Waals surface area (Å²) in [5, 5.41) is 3.69. The molecule has 0 aromatic carbocycles. The summed E-state index contributed by atoms with van der Waals surface area (Å²) in [7, 11) is 0. The second-order valence-electron chi connectivity index (χ2n) is 6.02. The highest BCUT2D eigenvalue weighted by molar-refractivity contribution is 4.69. The van der Waals surface area contributed by atoms with E-state index in [1.54, 1.807) is 0 Å². The average molecular weight is 285 g/mol. The summed E-state index contributed by atoms with van der Waals surface area (Å²) in [5.41, 5.74) is 0. The predicted molar refractivity (Wildman–Crippen MR) is 92.2 cm³/mol. The third-order valence-electron chi connectivity index (χ3n) is 3.98. The number of unbranched alkanes of at least 4 members (excludes halogenated alkanes) is 6. The van der Waals surface area contributed by atoms with E-state index in [0.717, 1.165) is 6.54 Å². The molecule has 0 rings (SSSR count). The molecule has 0 heterocycles. The molecule has 0 aromatic heterocycles. The van der Waals surface area contributed by atoms with Crippen LogP contribution in [0.5, 0.6) is 0 Å². The van der Waals surface area contributed by atoms with E-state index in [4.69, 9.17) is 0 Å². The number of rotatable bonds is 15. The maximum atomic E-state index is 3.69. The second-order valence-corrected chi connectivity index (χ2v) is 6.02. The van der Waals surface area contributed by atoms with Gasteiger partial charge in [0.05, 0.1) is 6.17 Å². The van der Waals surface area contributed by atoms with E-state index in [2.05, 4.69) is 37.9 Å².